The maximum Gasteiger partial charge on any atom is 0.186 e. The van der Waals surface area contributed by atoms with Crippen LogP contribution in [0.5, 0.6) is 0 Å². The first-order valence-corrected chi connectivity index (χ1v) is 3.10. The van der Waals surface area contributed by atoms with E-state index in [0.717, 1.165) is 0 Å². The smallest absolute Gasteiger partial charge is 0.186 e. The average Bonchev–Trinajstić information content (AvgIpc) is 1.97. The molecule has 0 radical (unpaired) electrons. The highest BCUT2D eigenvalue weighted by molar-refractivity contribution is 4.83. The normalized spacial score (nSPS) is 52.6. The topological polar surface area (TPSA) is 110 Å². The van der Waals surface area contributed by atoms with Crippen molar-refractivity contribution in [1.29, 1.82) is 0 Å². The molecule has 1 aliphatic heterocycles. The lowest BCUT2D eigenvalue weighted by Crippen LogP contribution is -2.57. The third-order valence-corrected chi connectivity index (χ3v) is 1.56. The van der Waals surface area contributed by atoms with Crippen LogP contribution in [0.1, 0.15) is 0 Å². The van der Waals surface area contributed by atoms with E-state index in [0.29, 0.717) is 0 Å². The quantitative estimate of drug-likeness (QED) is 0.258. The molecule has 1 rings (SSSR count). The van der Waals surface area contributed by atoms with E-state index in [-0.39, 0.29) is 0 Å². The van der Waals surface area contributed by atoms with Crippen molar-refractivity contribution in [3.63, 3.8) is 0 Å². The molecule has 1 saturated heterocycles. The van der Waals surface area contributed by atoms with Crippen LogP contribution in [0.2, 0.25) is 0 Å². The Morgan fingerprint density at radius 2 is 1.00 bits per heavy atom. The van der Waals surface area contributed by atoms with E-state index in [4.69, 9.17) is 25.5 Å². The molecular weight excluding hydrogens is 156 g/mol. The molecule has 0 aliphatic carbocycles. The molecule has 6 heteroatoms. The largest absolute Gasteiger partial charge is 0.387 e. The Bertz CT molecular complexity index is 125. The first kappa shape index (κ1) is 8.85. The molecule has 1 heterocycles. The zero-order valence-electron chi connectivity index (χ0n) is 5.53. The first-order chi connectivity index (χ1) is 5.04. The third-order valence-electron chi connectivity index (χ3n) is 1.56. The zero-order valence-corrected chi connectivity index (χ0v) is 5.53. The molecule has 0 saturated carbocycles. The van der Waals surface area contributed by atoms with Gasteiger partial charge in [-0.15, -0.1) is 0 Å². The van der Waals surface area contributed by atoms with Gasteiger partial charge in [-0.2, -0.15) is 0 Å². The van der Waals surface area contributed by atoms with Gasteiger partial charge in [-0.3, -0.25) is 0 Å². The van der Waals surface area contributed by atoms with Crippen molar-refractivity contribution in [2.75, 3.05) is 0 Å². The zero-order chi connectivity index (χ0) is 8.59. The number of hydrogen-bond acceptors (Lipinski definition) is 6. The van der Waals surface area contributed by atoms with Gasteiger partial charge in [0.1, 0.15) is 18.3 Å². The highest BCUT2D eigenvalue weighted by atomic mass is 16.7. The molecule has 0 aromatic rings. The molecule has 0 amide bonds. The fourth-order valence-electron chi connectivity index (χ4n) is 0.843. The lowest BCUT2D eigenvalue weighted by Gasteiger charge is -2.35. The molecule has 11 heavy (non-hydrogen) atoms. The van der Waals surface area contributed by atoms with Gasteiger partial charge in [0.15, 0.2) is 12.6 Å². The fourth-order valence-corrected chi connectivity index (χ4v) is 0.843. The van der Waals surface area contributed by atoms with E-state index in [1.54, 1.807) is 0 Å². The van der Waals surface area contributed by atoms with Crippen molar-refractivity contribution in [3.8, 4) is 0 Å². The summed E-state index contributed by atoms with van der Waals surface area (Å²) < 4.78 is 4.23. The molecule has 5 N–H and O–H groups in total. The van der Waals surface area contributed by atoms with Gasteiger partial charge >= 0.3 is 0 Å². The van der Waals surface area contributed by atoms with Gasteiger partial charge in [0, 0.05) is 0 Å². The highest BCUT2D eigenvalue weighted by Gasteiger charge is 2.42. The summed E-state index contributed by atoms with van der Waals surface area (Å²) in [5.74, 6) is 0. The van der Waals surface area contributed by atoms with Crippen LogP contribution >= 0.6 is 0 Å². The Morgan fingerprint density at radius 3 is 1.36 bits per heavy atom. The van der Waals surface area contributed by atoms with Crippen molar-refractivity contribution < 1.29 is 30.3 Å². The molecule has 1 aliphatic rings. The van der Waals surface area contributed by atoms with Crippen LogP contribution in [0.25, 0.3) is 0 Å². The van der Waals surface area contributed by atoms with Crippen LogP contribution in [0, 0.1) is 0 Å². The van der Waals surface area contributed by atoms with E-state index in [2.05, 4.69) is 4.74 Å². The van der Waals surface area contributed by atoms with Crippen molar-refractivity contribution in [2.45, 2.75) is 30.9 Å². The minimum Gasteiger partial charge on any atom is -0.387 e. The number of ether oxygens (including phenoxy) is 1. The molecule has 3 unspecified atom stereocenters. The van der Waals surface area contributed by atoms with Crippen molar-refractivity contribution in [3.05, 3.63) is 0 Å². The Hall–Kier alpha value is -0.240. The second kappa shape index (κ2) is 3.02. The van der Waals surface area contributed by atoms with E-state index in [1.165, 1.54) is 0 Å². The van der Waals surface area contributed by atoms with Crippen LogP contribution in [0.3, 0.4) is 0 Å². The van der Waals surface area contributed by atoms with Gasteiger partial charge < -0.3 is 30.3 Å². The summed E-state index contributed by atoms with van der Waals surface area (Å²) in [4.78, 5) is 0. The minimum absolute atomic E-state index is 1.59. The van der Waals surface area contributed by atoms with Crippen LogP contribution < -0.4 is 0 Å². The Labute approximate surface area is 62.3 Å². The summed E-state index contributed by atoms with van der Waals surface area (Å²) in [6, 6.07) is 0. The summed E-state index contributed by atoms with van der Waals surface area (Å²) in [5.41, 5.74) is 0. The minimum atomic E-state index is -1.66. The maximum atomic E-state index is 8.89. The lowest BCUT2D eigenvalue weighted by molar-refractivity contribution is -0.328. The second-order valence-electron chi connectivity index (χ2n) is 2.39. The summed E-state index contributed by atoms with van der Waals surface area (Å²) in [6.45, 7) is 0. The molecule has 1 fully saturated rings. The molecule has 0 spiro atoms. The van der Waals surface area contributed by atoms with E-state index < -0.39 is 30.9 Å². The van der Waals surface area contributed by atoms with Crippen molar-refractivity contribution in [1.82, 2.24) is 0 Å². The molecule has 0 aromatic carbocycles. The predicted molar refractivity (Wildman–Crippen MR) is 31.1 cm³/mol. The standard InChI is InChI=1S/C5H10O6/c6-1-2(7)4(9)11-5(10)3(1)8/h1-10H/t1?,2-,3?,4?,5+/m0/s1. The van der Waals surface area contributed by atoms with Crippen molar-refractivity contribution in [2.24, 2.45) is 0 Å². The molecule has 5 atom stereocenters. The fraction of sp³-hybridized carbons (Fsp3) is 1.00. The van der Waals surface area contributed by atoms with E-state index in [9.17, 15) is 0 Å². The predicted octanol–water partition coefficient (Wildman–Crippen LogP) is -3.26. The number of aliphatic hydroxyl groups is 5. The SMILES string of the molecule is OC1O[C@@H](O)C(O)C(O)[C@@H]1O. The second-order valence-corrected chi connectivity index (χ2v) is 2.39. The monoisotopic (exact) mass is 166 g/mol. The van der Waals surface area contributed by atoms with Gasteiger partial charge in [0.25, 0.3) is 0 Å². The van der Waals surface area contributed by atoms with Crippen molar-refractivity contribution >= 4 is 0 Å². The van der Waals surface area contributed by atoms with Crippen LogP contribution in [-0.4, -0.2) is 56.4 Å². The molecular formula is C5H10O6. The van der Waals surface area contributed by atoms with E-state index >= 15 is 0 Å². The summed E-state index contributed by atoms with van der Waals surface area (Å²) in [5, 5.41) is 44.0. The van der Waals surface area contributed by atoms with Crippen LogP contribution in [-0.2, 0) is 4.74 Å². The van der Waals surface area contributed by atoms with Gasteiger partial charge in [-0.1, -0.05) is 0 Å². The third kappa shape index (κ3) is 1.51. The van der Waals surface area contributed by atoms with Crippen LogP contribution in [0.4, 0.5) is 0 Å². The number of aliphatic hydroxyl groups excluding tert-OH is 5. The maximum absolute atomic E-state index is 8.89. The summed E-state index contributed by atoms with van der Waals surface area (Å²) >= 11 is 0. The number of hydrogen-bond donors (Lipinski definition) is 5. The van der Waals surface area contributed by atoms with E-state index in [1.807, 2.05) is 0 Å². The molecule has 66 valence electrons. The molecule has 6 nitrogen and oxygen atoms in total. The molecule has 0 bridgehead atoms. The Balaban J connectivity index is 2.63. The Kier molecular flexibility index (Phi) is 2.43. The van der Waals surface area contributed by atoms with Gasteiger partial charge in [-0.25, -0.2) is 0 Å². The highest BCUT2D eigenvalue weighted by Crippen LogP contribution is 2.17. The van der Waals surface area contributed by atoms with Gasteiger partial charge in [0.05, 0.1) is 0 Å². The average molecular weight is 166 g/mol. The molecule has 0 aromatic heterocycles. The van der Waals surface area contributed by atoms with Gasteiger partial charge in [0.2, 0.25) is 0 Å². The lowest BCUT2D eigenvalue weighted by atomic mass is 10.0. The van der Waals surface area contributed by atoms with Crippen LogP contribution in [0.15, 0.2) is 0 Å². The van der Waals surface area contributed by atoms with Gasteiger partial charge in [-0.05, 0) is 0 Å². The summed E-state index contributed by atoms with van der Waals surface area (Å²) in [6.07, 6.45) is -8.10. The summed E-state index contributed by atoms with van der Waals surface area (Å²) in [7, 11) is 0. The number of rotatable bonds is 0. The first-order valence-electron chi connectivity index (χ1n) is 3.10. The Morgan fingerprint density at radius 1 is 0.636 bits per heavy atom.